The fourth-order valence-electron chi connectivity index (χ4n) is 6.67. The third kappa shape index (κ3) is 5.27. The van der Waals surface area contributed by atoms with Crippen LogP contribution < -0.4 is 0 Å². The Morgan fingerprint density at radius 3 is 2.67 bits per heavy atom. The Hall–Kier alpha value is -0.930. The van der Waals surface area contributed by atoms with Crippen LogP contribution in [-0.4, -0.2) is 28.1 Å². The largest absolute Gasteiger partial charge is 0.390 e. The average Bonchev–Trinajstić information content (AvgIpc) is 3.00. The molecule has 6 atom stereocenters. The van der Waals surface area contributed by atoms with Crippen molar-refractivity contribution in [2.75, 3.05) is 0 Å². The number of rotatable bonds is 6. The van der Waals surface area contributed by atoms with E-state index in [0.29, 0.717) is 35.7 Å². The Balaban J connectivity index is 1.67. The van der Waals surface area contributed by atoms with Gasteiger partial charge < -0.3 is 10.2 Å². The van der Waals surface area contributed by atoms with Gasteiger partial charge in [0.25, 0.3) is 0 Å². The maximum atomic E-state index is 14.1. The molecule has 0 amide bonds. The Labute approximate surface area is 183 Å². The summed E-state index contributed by atoms with van der Waals surface area (Å²) in [5.74, 6) is 2.07. The van der Waals surface area contributed by atoms with Crippen LogP contribution in [0.3, 0.4) is 0 Å². The number of hydrogen-bond acceptors (Lipinski definition) is 2. The van der Waals surface area contributed by atoms with Crippen LogP contribution in [0, 0.1) is 23.2 Å². The lowest BCUT2D eigenvalue weighted by molar-refractivity contribution is 0.0596. The van der Waals surface area contributed by atoms with Crippen LogP contribution in [0.4, 0.5) is 4.39 Å². The highest BCUT2D eigenvalue weighted by molar-refractivity contribution is 5.29. The van der Waals surface area contributed by atoms with Crippen molar-refractivity contribution < 1.29 is 14.6 Å². The molecular weight excluding hydrogens is 375 g/mol. The zero-order valence-corrected chi connectivity index (χ0v) is 19.6. The molecule has 0 aromatic heterocycles. The van der Waals surface area contributed by atoms with E-state index < -0.39 is 17.9 Å². The number of alkyl halides is 1. The van der Waals surface area contributed by atoms with Gasteiger partial charge in [-0.3, -0.25) is 0 Å². The van der Waals surface area contributed by atoms with Gasteiger partial charge in [0.15, 0.2) is 0 Å². The fourth-order valence-corrected chi connectivity index (χ4v) is 6.67. The number of halogens is 1. The van der Waals surface area contributed by atoms with Crippen molar-refractivity contribution in [3.8, 4) is 0 Å². The van der Waals surface area contributed by atoms with Gasteiger partial charge in [-0.15, -0.1) is 0 Å². The predicted octanol–water partition coefficient (Wildman–Crippen LogP) is 6.68. The third-order valence-electron chi connectivity index (χ3n) is 8.43. The first kappa shape index (κ1) is 23.7. The third-order valence-corrected chi connectivity index (χ3v) is 8.43. The van der Waals surface area contributed by atoms with Crippen LogP contribution in [0.5, 0.6) is 0 Å². The molecule has 3 aliphatic carbocycles. The van der Waals surface area contributed by atoms with Gasteiger partial charge in [0.05, 0.1) is 11.7 Å². The molecule has 3 rings (SSSR count). The van der Waals surface area contributed by atoms with Crippen LogP contribution in [0.1, 0.15) is 91.9 Å². The maximum absolute atomic E-state index is 14.1. The summed E-state index contributed by atoms with van der Waals surface area (Å²) in [6, 6.07) is 0. The van der Waals surface area contributed by atoms with Crippen LogP contribution in [-0.2, 0) is 0 Å². The molecule has 0 aromatic carbocycles. The van der Waals surface area contributed by atoms with Crippen LogP contribution in [0.15, 0.2) is 35.5 Å². The molecule has 170 valence electrons. The summed E-state index contributed by atoms with van der Waals surface area (Å²) in [6.07, 6.45) is 12.8. The monoisotopic (exact) mass is 418 g/mol. The highest BCUT2D eigenvalue weighted by atomic mass is 19.1. The van der Waals surface area contributed by atoms with Gasteiger partial charge in [-0.2, -0.15) is 0 Å². The molecule has 3 fully saturated rings. The minimum absolute atomic E-state index is 0.335. The number of aliphatic hydroxyl groups excluding tert-OH is 1. The van der Waals surface area contributed by atoms with Gasteiger partial charge in [-0.05, 0) is 87.5 Å². The van der Waals surface area contributed by atoms with Crippen molar-refractivity contribution in [1.29, 1.82) is 0 Å². The first-order chi connectivity index (χ1) is 14.0. The van der Waals surface area contributed by atoms with Crippen molar-refractivity contribution in [2.45, 2.75) is 110 Å². The quantitative estimate of drug-likeness (QED) is 0.472. The Morgan fingerprint density at radius 2 is 2.00 bits per heavy atom. The van der Waals surface area contributed by atoms with E-state index in [1.54, 1.807) is 0 Å². The summed E-state index contributed by atoms with van der Waals surface area (Å²) >= 11 is 0. The van der Waals surface area contributed by atoms with E-state index in [0.717, 1.165) is 30.8 Å². The molecule has 0 unspecified atom stereocenters. The lowest BCUT2D eigenvalue weighted by Crippen LogP contribution is -2.36. The highest BCUT2D eigenvalue weighted by Crippen LogP contribution is 2.60. The summed E-state index contributed by atoms with van der Waals surface area (Å²) in [4.78, 5) is 0. The molecule has 3 heteroatoms. The van der Waals surface area contributed by atoms with E-state index in [2.05, 4.69) is 32.6 Å². The van der Waals surface area contributed by atoms with Gasteiger partial charge in [-0.25, -0.2) is 4.39 Å². The van der Waals surface area contributed by atoms with E-state index in [1.165, 1.54) is 37.7 Å². The van der Waals surface area contributed by atoms with Crippen molar-refractivity contribution >= 4 is 0 Å². The lowest BCUT2D eigenvalue weighted by atomic mass is 9.60. The molecule has 0 spiro atoms. The summed E-state index contributed by atoms with van der Waals surface area (Å²) in [5.41, 5.74) is 2.68. The van der Waals surface area contributed by atoms with Crippen LogP contribution >= 0.6 is 0 Å². The lowest BCUT2D eigenvalue weighted by Gasteiger charge is -2.44. The first-order valence-electron chi connectivity index (χ1n) is 12.1. The molecule has 30 heavy (non-hydrogen) atoms. The predicted molar refractivity (Wildman–Crippen MR) is 123 cm³/mol. The van der Waals surface area contributed by atoms with Crippen LogP contribution in [0.25, 0.3) is 0 Å². The van der Waals surface area contributed by atoms with Crippen LogP contribution in [0.2, 0.25) is 0 Å². The van der Waals surface area contributed by atoms with Crippen molar-refractivity contribution in [1.82, 2.24) is 0 Å². The van der Waals surface area contributed by atoms with E-state index in [-0.39, 0.29) is 0 Å². The van der Waals surface area contributed by atoms with Crippen molar-refractivity contribution in [2.24, 2.45) is 23.2 Å². The van der Waals surface area contributed by atoms with Gasteiger partial charge in [-0.1, -0.05) is 56.6 Å². The van der Waals surface area contributed by atoms with Crippen molar-refractivity contribution in [3.05, 3.63) is 35.5 Å². The van der Waals surface area contributed by atoms with E-state index in [1.807, 2.05) is 13.8 Å². The topological polar surface area (TPSA) is 40.5 Å². The number of aliphatic hydroxyl groups is 2. The summed E-state index contributed by atoms with van der Waals surface area (Å²) in [6.45, 7) is 12.4. The zero-order chi connectivity index (χ0) is 22.1. The number of allylic oxidation sites excluding steroid dienone is 3. The fraction of sp³-hybridized carbons (Fsp3) is 0.778. The SMILES string of the molecule is C=C1[C@H](O)C/C(=C\C=C2/CCC[C@]3(C)[C@@H]([C@H](C)CCCC(C)(C)O)CC[C@@H]23)C[C@@H]1F. The molecule has 0 radical (unpaired) electrons. The second-order valence-electron chi connectivity index (χ2n) is 11.3. The molecule has 3 aliphatic rings. The van der Waals surface area contributed by atoms with Crippen molar-refractivity contribution in [3.63, 3.8) is 0 Å². The molecular formula is C27H43FO2. The van der Waals surface area contributed by atoms with E-state index in [9.17, 15) is 14.6 Å². The molecule has 2 N–H and O–H groups in total. The maximum Gasteiger partial charge on any atom is 0.127 e. The Morgan fingerprint density at radius 1 is 1.27 bits per heavy atom. The first-order valence-corrected chi connectivity index (χ1v) is 12.1. The van der Waals surface area contributed by atoms with Gasteiger partial charge in [0.2, 0.25) is 0 Å². The molecule has 0 aliphatic heterocycles. The smallest absolute Gasteiger partial charge is 0.127 e. The molecule has 0 bridgehead atoms. The summed E-state index contributed by atoms with van der Waals surface area (Å²) in [5, 5.41) is 20.1. The van der Waals surface area contributed by atoms with Gasteiger partial charge in [0, 0.05) is 6.42 Å². The van der Waals surface area contributed by atoms with Gasteiger partial charge in [0.1, 0.15) is 6.17 Å². The minimum atomic E-state index is -1.12. The average molecular weight is 419 g/mol. The molecule has 0 aromatic rings. The van der Waals surface area contributed by atoms with Gasteiger partial charge >= 0.3 is 0 Å². The molecule has 2 nitrogen and oxygen atoms in total. The second-order valence-corrected chi connectivity index (χ2v) is 11.3. The molecule has 0 saturated heterocycles. The highest BCUT2D eigenvalue weighted by Gasteiger charge is 2.50. The molecule has 3 saturated carbocycles. The second kappa shape index (κ2) is 9.28. The standard InChI is InChI=1S/C27H43FO2/c1-18(8-6-14-26(3,4)30)22-12-13-23-21(9-7-15-27(22,23)5)11-10-20-16-24(28)19(2)25(29)17-20/h10-11,18,22-25,29-30H,2,6-9,12-17H2,1,3-5H3/b20-10-,21-11+/t18-,22-,23+,24+,25-,27-/m1/s1. The van der Waals surface area contributed by atoms with E-state index in [4.69, 9.17) is 0 Å². The summed E-state index contributed by atoms with van der Waals surface area (Å²) < 4.78 is 14.1. The molecule has 0 heterocycles. The van der Waals surface area contributed by atoms with E-state index >= 15 is 0 Å². The summed E-state index contributed by atoms with van der Waals surface area (Å²) in [7, 11) is 0. The number of fused-ring (bicyclic) bond motifs is 1. The Bertz CT molecular complexity index is 669. The normalized spacial score (nSPS) is 38.8. The minimum Gasteiger partial charge on any atom is -0.390 e. The number of hydrogen-bond donors (Lipinski definition) is 2. The Kier molecular flexibility index (Phi) is 7.34. The zero-order valence-electron chi connectivity index (χ0n) is 19.6.